The minimum absolute atomic E-state index is 0.0825. The van der Waals surface area contributed by atoms with E-state index in [1.807, 2.05) is 29.5 Å². The van der Waals surface area contributed by atoms with E-state index in [0.29, 0.717) is 13.1 Å². The van der Waals surface area contributed by atoms with Crippen LogP contribution in [0, 0.1) is 0 Å². The minimum Gasteiger partial charge on any atom is -0.331 e. The van der Waals surface area contributed by atoms with Gasteiger partial charge in [-0.1, -0.05) is 6.92 Å². The van der Waals surface area contributed by atoms with Crippen molar-refractivity contribution in [2.45, 2.75) is 39.4 Å². The summed E-state index contributed by atoms with van der Waals surface area (Å²) in [7, 11) is 0. The molecular formula is C14H17N5O. The standard InChI is InChI=1S/C14H17N5O/c1-3-13-16-6-11-7-19(8-12(11)17-13)14(20)10(2)18-5-4-15-9-18/h4-6,9-10H,3,7-8H2,1-2H3/t10-/m0/s1. The monoisotopic (exact) mass is 271 g/mol. The minimum atomic E-state index is -0.245. The molecule has 0 saturated carbocycles. The number of carbonyl (C=O) groups excluding carboxylic acids is 1. The van der Waals surface area contributed by atoms with E-state index >= 15 is 0 Å². The quantitative estimate of drug-likeness (QED) is 0.845. The molecule has 3 rings (SSSR count). The van der Waals surface area contributed by atoms with Gasteiger partial charge < -0.3 is 9.47 Å². The van der Waals surface area contributed by atoms with Gasteiger partial charge in [-0.05, 0) is 6.92 Å². The first-order valence-electron chi connectivity index (χ1n) is 6.79. The van der Waals surface area contributed by atoms with Crippen molar-refractivity contribution in [2.24, 2.45) is 0 Å². The molecule has 0 bridgehead atoms. The van der Waals surface area contributed by atoms with Crippen LogP contribution in [0.25, 0.3) is 0 Å². The van der Waals surface area contributed by atoms with Crippen molar-refractivity contribution in [1.29, 1.82) is 0 Å². The van der Waals surface area contributed by atoms with Crippen molar-refractivity contribution in [3.05, 3.63) is 42.0 Å². The van der Waals surface area contributed by atoms with E-state index in [4.69, 9.17) is 0 Å². The van der Waals surface area contributed by atoms with Crippen LogP contribution >= 0.6 is 0 Å². The Morgan fingerprint density at radius 2 is 2.30 bits per heavy atom. The van der Waals surface area contributed by atoms with Crippen LogP contribution in [0.4, 0.5) is 0 Å². The van der Waals surface area contributed by atoms with Gasteiger partial charge in [-0.25, -0.2) is 15.0 Å². The highest BCUT2D eigenvalue weighted by atomic mass is 16.2. The summed E-state index contributed by atoms with van der Waals surface area (Å²) in [6.07, 6.45) is 7.81. The fraction of sp³-hybridized carbons (Fsp3) is 0.429. The van der Waals surface area contributed by atoms with Gasteiger partial charge in [-0.15, -0.1) is 0 Å². The maximum Gasteiger partial charge on any atom is 0.246 e. The zero-order chi connectivity index (χ0) is 14.1. The van der Waals surface area contributed by atoms with E-state index in [2.05, 4.69) is 15.0 Å². The van der Waals surface area contributed by atoms with E-state index in [9.17, 15) is 4.79 Å². The molecule has 0 aliphatic carbocycles. The lowest BCUT2D eigenvalue weighted by Gasteiger charge is -2.20. The molecule has 104 valence electrons. The third-order valence-corrected chi connectivity index (χ3v) is 3.66. The molecule has 1 aliphatic heterocycles. The summed E-state index contributed by atoms with van der Waals surface area (Å²) >= 11 is 0. The van der Waals surface area contributed by atoms with E-state index in [1.165, 1.54) is 0 Å². The molecule has 0 saturated heterocycles. The summed E-state index contributed by atoms with van der Waals surface area (Å²) in [5.74, 6) is 0.916. The Hall–Kier alpha value is -2.24. The lowest BCUT2D eigenvalue weighted by atomic mass is 10.2. The zero-order valence-electron chi connectivity index (χ0n) is 11.7. The number of hydrogen-bond acceptors (Lipinski definition) is 4. The van der Waals surface area contributed by atoms with Crippen molar-refractivity contribution >= 4 is 5.91 Å². The van der Waals surface area contributed by atoms with Gasteiger partial charge in [0, 0.05) is 37.1 Å². The number of carbonyl (C=O) groups is 1. The number of imidazole rings is 1. The maximum absolute atomic E-state index is 12.5. The Morgan fingerprint density at radius 3 is 3.00 bits per heavy atom. The molecule has 6 heteroatoms. The molecule has 0 spiro atoms. The Kier molecular flexibility index (Phi) is 3.22. The summed E-state index contributed by atoms with van der Waals surface area (Å²) in [6.45, 7) is 5.08. The number of aryl methyl sites for hydroxylation is 1. The highest BCUT2D eigenvalue weighted by Crippen LogP contribution is 2.23. The molecule has 2 aromatic heterocycles. The number of nitrogens with zero attached hydrogens (tertiary/aromatic N) is 5. The van der Waals surface area contributed by atoms with E-state index < -0.39 is 0 Å². The van der Waals surface area contributed by atoms with Gasteiger partial charge in [-0.2, -0.15) is 0 Å². The van der Waals surface area contributed by atoms with Crippen LogP contribution in [-0.2, 0) is 24.3 Å². The molecule has 0 radical (unpaired) electrons. The molecule has 1 aliphatic rings. The average Bonchev–Trinajstić information content (AvgIpc) is 3.13. The Bertz CT molecular complexity index is 622. The third-order valence-electron chi connectivity index (χ3n) is 3.66. The maximum atomic E-state index is 12.5. The van der Waals surface area contributed by atoms with Crippen LogP contribution in [0.3, 0.4) is 0 Å². The van der Waals surface area contributed by atoms with E-state index in [1.54, 1.807) is 18.7 Å². The van der Waals surface area contributed by atoms with Crippen LogP contribution in [0.1, 0.15) is 37.0 Å². The van der Waals surface area contributed by atoms with Gasteiger partial charge in [0.25, 0.3) is 0 Å². The van der Waals surface area contributed by atoms with Crippen LogP contribution in [0.15, 0.2) is 24.9 Å². The van der Waals surface area contributed by atoms with Gasteiger partial charge in [0.05, 0.1) is 18.6 Å². The van der Waals surface area contributed by atoms with Crippen molar-refractivity contribution in [2.75, 3.05) is 0 Å². The second-order valence-corrected chi connectivity index (χ2v) is 4.99. The number of aromatic nitrogens is 4. The average molecular weight is 271 g/mol. The van der Waals surface area contributed by atoms with Gasteiger partial charge in [0.1, 0.15) is 11.9 Å². The molecule has 1 amide bonds. The number of amides is 1. The molecule has 0 unspecified atom stereocenters. The molecule has 0 N–H and O–H groups in total. The molecule has 1 atom stereocenters. The third kappa shape index (κ3) is 2.17. The number of hydrogen-bond donors (Lipinski definition) is 0. The van der Waals surface area contributed by atoms with Gasteiger partial charge in [0.15, 0.2) is 0 Å². The Balaban J connectivity index is 1.76. The molecular weight excluding hydrogens is 254 g/mol. The molecule has 0 aromatic carbocycles. The first kappa shape index (κ1) is 12.8. The summed E-state index contributed by atoms with van der Waals surface area (Å²) in [4.78, 5) is 27.1. The first-order chi connectivity index (χ1) is 9.69. The van der Waals surface area contributed by atoms with Crippen molar-refractivity contribution in [3.8, 4) is 0 Å². The lowest BCUT2D eigenvalue weighted by Crippen LogP contribution is -2.31. The summed E-state index contributed by atoms with van der Waals surface area (Å²) in [6, 6.07) is -0.245. The fourth-order valence-electron chi connectivity index (χ4n) is 2.41. The van der Waals surface area contributed by atoms with Gasteiger partial charge >= 0.3 is 0 Å². The van der Waals surface area contributed by atoms with Crippen molar-refractivity contribution in [1.82, 2.24) is 24.4 Å². The van der Waals surface area contributed by atoms with Crippen LogP contribution in [-0.4, -0.2) is 30.3 Å². The molecule has 2 aromatic rings. The van der Waals surface area contributed by atoms with E-state index in [0.717, 1.165) is 23.5 Å². The van der Waals surface area contributed by atoms with Crippen LogP contribution < -0.4 is 0 Å². The predicted molar refractivity (Wildman–Crippen MR) is 72.6 cm³/mol. The molecule has 6 nitrogen and oxygen atoms in total. The Labute approximate surface area is 117 Å². The number of rotatable bonds is 3. The normalized spacial score (nSPS) is 15.2. The summed E-state index contributed by atoms with van der Waals surface area (Å²) in [5.41, 5.74) is 2.02. The van der Waals surface area contributed by atoms with Crippen LogP contribution in [0.5, 0.6) is 0 Å². The first-order valence-corrected chi connectivity index (χ1v) is 6.79. The molecule has 20 heavy (non-hydrogen) atoms. The highest BCUT2D eigenvalue weighted by Gasteiger charge is 2.28. The summed E-state index contributed by atoms with van der Waals surface area (Å²) < 4.78 is 1.81. The lowest BCUT2D eigenvalue weighted by molar-refractivity contribution is -0.134. The molecule has 0 fully saturated rings. The van der Waals surface area contributed by atoms with E-state index in [-0.39, 0.29) is 11.9 Å². The second kappa shape index (κ2) is 5.03. The van der Waals surface area contributed by atoms with Crippen molar-refractivity contribution in [3.63, 3.8) is 0 Å². The smallest absolute Gasteiger partial charge is 0.246 e. The van der Waals surface area contributed by atoms with Crippen LogP contribution in [0.2, 0.25) is 0 Å². The highest BCUT2D eigenvalue weighted by molar-refractivity contribution is 5.80. The second-order valence-electron chi connectivity index (χ2n) is 4.99. The SMILES string of the molecule is CCc1ncc2c(n1)CN(C(=O)[C@H](C)n1ccnc1)C2. The van der Waals surface area contributed by atoms with Crippen molar-refractivity contribution < 1.29 is 4.79 Å². The van der Waals surface area contributed by atoms with Gasteiger partial charge in [-0.3, -0.25) is 4.79 Å². The zero-order valence-corrected chi connectivity index (χ0v) is 11.7. The topological polar surface area (TPSA) is 63.9 Å². The van der Waals surface area contributed by atoms with Gasteiger partial charge in [0.2, 0.25) is 5.91 Å². The fourth-order valence-corrected chi connectivity index (χ4v) is 2.41. The summed E-state index contributed by atoms with van der Waals surface area (Å²) in [5, 5.41) is 0. The predicted octanol–water partition coefficient (Wildman–Crippen LogP) is 1.34. The Morgan fingerprint density at radius 1 is 1.45 bits per heavy atom. The number of fused-ring (bicyclic) bond motifs is 1. The largest absolute Gasteiger partial charge is 0.331 e. The molecule has 3 heterocycles.